The molecule has 0 spiro atoms. The molecule has 3 rings (SSSR count). The molecule has 0 saturated carbocycles. The Morgan fingerprint density at radius 3 is 2.78 bits per heavy atom. The van der Waals surface area contributed by atoms with Gasteiger partial charge in [-0.25, -0.2) is 9.31 Å². The van der Waals surface area contributed by atoms with Gasteiger partial charge in [0.1, 0.15) is 6.61 Å². The first-order valence-corrected chi connectivity index (χ1v) is 6.90. The van der Waals surface area contributed by atoms with Crippen molar-refractivity contribution in [1.29, 1.82) is 0 Å². The summed E-state index contributed by atoms with van der Waals surface area (Å²) in [7, 11) is 1.47. The molecule has 7 nitrogen and oxygen atoms in total. The van der Waals surface area contributed by atoms with Crippen LogP contribution in [0.2, 0.25) is 0 Å². The van der Waals surface area contributed by atoms with Crippen LogP contribution in [0.4, 0.5) is 10.5 Å². The lowest BCUT2D eigenvalue weighted by Crippen LogP contribution is -2.09. The largest absolute Gasteiger partial charge is 0.492 e. The Morgan fingerprint density at radius 1 is 1.30 bits per heavy atom. The van der Waals surface area contributed by atoms with Gasteiger partial charge in [-0.1, -0.05) is 30.3 Å². The number of hydrogen-bond donors (Lipinski definition) is 2. The van der Waals surface area contributed by atoms with Crippen molar-refractivity contribution < 1.29 is 19.4 Å². The summed E-state index contributed by atoms with van der Waals surface area (Å²) in [5.41, 5.74) is 1.91. The fourth-order valence-electron chi connectivity index (χ4n) is 2.28. The number of carbonyl (C=O) groups is 1. The Labute approximate surface area is 132 Å². The molecule has 2 heterocycles. The molecule has 0 bridgehead atoms. The number of nitrogens with one attached hydrogen (secondary N) is 1. The molecular weight excluding hydrogens is 298 g/mol. The van der Waals surface area contributed by atoms with Crippen LogP contribution in [0.15, 0.2) is 48.8 Å². The average Bonchev–Trinajstić information content (AvgIpc) is 2.96. The third-order valence-electron chi connectivity index (χ3n) is 3.29. The van der Waals surface area contributed by atoms with Crippen molar-refractivity contribution in [3.8, 4) is 11.5 Å². The number of amides is 1. The van der Waals surface area contributed by atoms with Gasteiger partial charge >= 0.3 is 6.09 Å². The highest BCUT2D eigenvalue weighted by atomic mass is 16.5. The normalized spacial score (nSPS) is 10.5. The standard InChI is InChI=1S/C16H15N3O4/c1-22-15-12(18-16(20)21)7-8-19-14(15)13(9-17-19)23-10-11-5-3-2-4-6-11/h2-9,18H,10H2,1H3,(H,20,21). The van der Waals surface area contributed by atoms with E-state index >= 15 is 0 Å². The predicted molar refractivity (Wildman–Crippen MR) is 84.2 cm³/mol. The van der Waals surface area contributed by atoms with Gasteiger partial charge in [0.15, 0.2) is 17.0 Å². The van der Waals surface area contributed by atoms with Gasteiger partial charge in [0.2, 0.25) is 0 Å². The molecule has 0 aliphatic carbocycles. The van der Waals surface area contributed by atoms with Gasteiger partial charge in [0.05, 0.1) is 19.0 Å². The fraction of sp³-hybridized carbons (Fsp3) is 0.125. The summed E-state index contributed by atoms with van der Waals surface area (Å²) in [4.78, 5) is 10.9. The van der Waals surface area contributed by atoms with Crippen molar-refractivity contribution in [3.05, 3.63) is 54.4 Å². The Morgan fingerprint density at radius 2 is 2.09 bits per heavy atom. The molecule has 0 radical (unpaired) electrons. The van der Waals surface area contributed by atoms with E-state index < -0.39 is 6.09 Å². The van der Waals surface area contributed by atoms with Crippen LogP contribution in [-0.2, 0) is 6.61 Å². The van der Waals surface area contributed by atoms with Gasteiger partial charge < -0.3 is 14.6 Å². The summed E-state index contributed by atoms with van der Waals surface area (Å²) in [5.74, 6) is 0.871. The minimum absolute atomic E-state index is 0.331. The predicted octanol–water partition coefficient (Wildman–Crippen LogP) is 3.01. The zero-order valence-corrected chi connectivity index (χ0v) is 12.4. The molecule has 118 valence electrons. The molecule has 1 amide bonds. The maximum Gasteiger partial charge on any atom is 0.409 e. The van der Waals surface area contributed by atoms with E-state index in [0.29, 0.717) is 29.3 Å². The first kappa shape index (κ1) is 14.7. The summed E-state index contributed by atoms with van der Waals surface area (Å²) >= 11 is 0. The number of hydrogen-bond acceptors (Lipinski definition) is 4. The molecule has 0 aliphatic heterocycles. The van der Waals surface area contributed by atoms with Crippen molar-refractivity contribution in [2.45, 2.75) is 6.61 Å². The molecule has 7 heteroatoms. The highest BCUT2D eigenvalue weighted by Crippen LogP contribution is 2.35. The van der Waals surface area contributed by atoms with E-state index in [1.165, 1.54) is 7.11 Å². The van der Waals surface area contributed by atoms with E-state index in [1.54, 1.807) is 23.0 Å². The van der Waals surface area contributed by atoms with Crippen LogP contribution in [0, 0.1) is 0 Å². The minimum Gasteiger partial charge on any atom is -0.492 e. The second-order valence-corrected chi connectivity index (χ2v) is 4.77. The SMILES string of the molecule is COc1c(NC(=O)O)ccn2ncc(OCc3ccccc3)c12. The lowest BCUT2D eigenvalue weighted by atomic mass is 10.2. The highest BCUT2D eigenvalue weighted by Gasteiger charge is 2.16. The molecule has 0 fully saturated rings. The molecule has 0 aliphatic rings. The zero-order chi connectivity index (χ0) is 16.2. The number of nitrogens with zero attached hydrogens (tertiary/aromatic N) is 2. The maximum absolute atomic E-state index is 10.9. The summed E-state index contributed by atoms with van der Waals surface area (Å²) in [5, 5.41) is 15.4. The molecular formula is C16H15N3O4. The van der Waals surface area contributed by atoms with Gasteiger partial charge in [-0.15, -0.1) is 0 Å². The molecule has 0 atom stereocenters. The van der Waals surface area contributed by atoms with Crippen molar-refractivity contribution in [2.75, 3.05) is 12.4 Å². The highest BCUT2D eigenvalue weighted by molar-refractivity contribution is 5.89. The maximum atomic E-state index is 10.9. The van der Waals surface area contributed by atoms with Gasteiger partial charge in [0.25, 0.3) is 0 Å². The number of rotatable bonds is 5. The monoisotopic (exact) mass is 313 g/mol. The number of benzene rings is 1. The number of methoxy groups -OCH3 is 1. The van der Waals surface area contributed by atoms with Crippen LogP contribution in [0.3, 0.4) is 0 Å². The van der Waals surface area contributed by atoms with Gasteiger partial charge in [0, 0.05) is 6.20 Å². The number of fused-ring (bicyclic) bond motifs is 1. The summed E-state index contributed by atoms with van der Waals surface area (Å²) in [6, 6.07) is 11.3. The lowest BCUT2D eigenvalue weighted by Gasteiger charge is -2.11. The number of ether oxygens (including phenoxy) is 2. The quantitative estimate of drug-likeness (QED) is 0.756. The van der Waals surface area contributed by atoms with Gasteiger partial charge in [-0.3, -0.25) is 5.32 Å². The molecule has 0 saturated heterocycles. The van der Waals surface area contributed by atoms with Crippen LogP contribution in [0.5, 0.6) is 11.5 Å². The molecule has 2 N–H and O–H groups in total. The summed E-state index contributed by atoms with van der Waals surface area (Å²) in [6.45, 7) is 0.377. The summed E-state index contributed by atoms with van der Waals surface area (Å²) < 4.78 is 12.7. The smallest absolute Gasteiger partial charge is 0.409 e. The van der Waals surface area contributed by atoms with Crippen molar-refractivity contribution in [1.82, 2.24) is 9.61 Å². The van der Waals surface area contributed by atoms with Crippen LogP contribution >= 0.6 is 0 Å². The average molecular weight is 313 g/mol. The van der Waals surface area contributed by atoms with E-state index in [-0.39, 0.29) is 0 Å². The molecule has 2 aromatic heterocycles. The Hall–Kier alpha value is -3.22. The fourth-order valence-corrected chi connectivity index (χ4v) is 2.28. The van der Waals surface area contributed by atoms with Crippen LogP contribution in [0.1, 0.15) is 5.56 Å². The van der Waals surface area contributed by atoms with Crippen molar-refractivity contribution >= 4 is 17.3 Å². The number of anilines is 1. The lowest BCUT2D eigenvalue weighted by molar-refractivity contribution is 0.209. The van der Waals surface area contributed by atoms with Gasteiger partial charge in [-0.2, -0.15) is 5.10 Å². The first-order chi connectivity index (χ1) is 11.2. The van der Waals surface area contributed by atoms with Gasteiger partial charge in [-0.05, 0) is 11.6 Å². The van der Waals surface area contributed by atoms with E-state index in [9.17, 15) is 4.79 Å². The van der Waals surface area contributed by atoms with E-state index in [2.05, 4.69) is 10.4 Å². The first-order valence-electron chi connectivity index (χ1n) is 6.90. The Bertz CT molecular complexity index is 830. The van der Waals surface area contributed by atoms with Crippen LogP contribution in [0.25, 0.3) is 5.52 Å². The van der Waals surface area contributed by atoms with E-state index in [4.69, 9.17) is 14.6 Å². The topological polar surface area (TPSA) is 85.1 Å². The number of aromatic nitrogens is 2. The van der Waals surface area contributed by atoms with Crippen molar-refractivity contribution in [3.63, 3.8) is 0 Å². The molecule has 1 aromatic carbocycles. The number of pyridine rings is 1. The number of carboxylic acid groups (broad SMARTS) is 1. The van der Waals surface area contributed by atoms with E-state index in [0.717, 1.165) is 5.56 Å². The molecule has 3 aromatic rings. The van der Waals surface area contributed by atoms with Crippen LogP contribution < -0.4 is 14.8 Å². The third kappa shape index (κ3) is 3.03. The minimum atomic E-state index is -1.17. The van der Waals surface area contributed by atoms with E-state index in [1.807, 2.05) is 30.3 Å². The Balaban J connectivity index is 1.95. The van der Waals surface area contributed by atoms with Crippen LogP contribution in [-0.4, -0.2) is 27.9 Å². The molecule has 0 unspecified atom stereocenters. The van der Waals surface area contributed by atoms with Crippen molar-refractivity contribution in [2.24, 2.45) is 0 Å². The second-order valence-electron chi connectivity index (χ2n) is 4.77. The third-order valence-corrected chi connectivity index (χ3v) is 3.29. The second kappa shape index (κ2) is 6.27. The summed E-state index contributed by atoms with van der Waals surface area (Å²) in [6.07, 6.45) is 2.04. The zero-order valence-electron chi connectivity index (χ0n) is 12.4. The molecule has 23 heavy (non-hydrogen) atoms. The Kier molecular flexibility index (Phi) is 4.01.